The van der Waals surface area contributed by atoms with Crippen molar-refractivity contribution in [2.75, 3.05) is 5.32 Å². The molecule has 0 saturated carbocycles. The molecule has 0 radical (unpaired) electrons. The first kappa shape index (κ1) is 13.9. The Morgan fingerprint density at radius 2 is 1.95 bits per heavy atom. The number of benzene rings is 2. The van der Waals surface area contributed by atoms with E-state index >= 15 is 0 Å². The number of aromatic hydroxyl groups is 1. The minimum absolute atomic E-state index is 0.0208. The minimum atomic E-state index is -0.340. The molecule has 5 nitrogen and oxygen atoms in total. The van der Waals surface area contributed by atoms with Crippen LogP contribution in [0.1, 0.15) is 15.9 Å². The molecule has 0 fully saturated rings. The Balaban J connectivity index is 1.77. The van der Waals surface area contributed by atoms with Crippen molar-refractivity contribution in [3.05, 3.63) is 72.3 Å². The molecule has 1 amide bonds. The number of nitrogens with one attached hydrogen (secondary N) is 1. The number of imidazole rings is 1. The Labute approximate surface area is 127 Å². The molecule has 3 aromatic rings. The largest absolute Gasteiger partial charge is 0.507 e. The van der Waals surface area contributed by atoms with Gasteiger partial charge in [0, 0.05) is 23.8 Å². The Morgan fingerprint density at radius 1 is 1.18 bits per heavy atom. The Kier molecular flexibility index (Phi) is 3.62. The van der Waals surface area contributed by atoms with Gasteiger partial charge in [-0.05, 0) is 48.9 Å². The van der Waals surface area contributed by atoms with E-state index in [1.165, 1.54) is 0 Å². The SMILES string of the molecule is Cc1ccc(C(=O)Nc2ccc(-n3ccnc3)cc2)c(O)c1. The van der Waals surface area contributed by atoms with E-state index in [4.69, 9.17) is 0 Å². The van der Waals surface area contributed by atoms with Gasteiger partial charge >= 0.3 is 0 Å². The molecule has 0 atom stereocenters. The number of rotatable bonds is 3. The van der Waals surface area contributed by atoms with Gasteiger partial charge in [-0.1, -0.05) is 6.07 Å². The van der Waals surface area contributed by atoms with Crippen molar-refractivity contribution in [2.24, 2.45) is 0 Å². The van der Waals surface area contributed by atoms with Crippen molar-refractivity contribution in [3.63, 3.8) is 0 Å². The number of amides is 1. The van der Waals surface area contributed by atoms with Crippen LogP contribution in [0.3, 0.4) is 0 Å². The number of carbonyl (C=O) groups excluding carboxylic acids is 1. The molecular weight excluding hydrogens is 278 g/mol. The van der Waals surface area contributed by atoms with E-state index in [1.54, 1.807) is 42.9 Å². The van der Waals surface area contributed by atoms with Crippen LogP contribution in [0.4, 0.5) is 5.69 Å². The molecule has 0 unspecified atom stereocenters. The van der Waals surface area contributed by atoms with Gasteiger partial charge in [-0.25, -0.2) is 4.98 Å². The van der Waals surface area contributed by atoms with E-state index in [-0.39, 0.29) is 17.2 Å². The molecule has 0 saturated heterocycles. The first-order valence-electron chi connectivity index (χ1n) is 6.83. The highest BCUT2D eigenvalue weighted by Gasteiger charge is 2.11. The maximum absolute atomic E-state index is 12.2. The van der Waals surface area contributed by atoms with Gasteiger partial charge in [-0.3, -0.25) is 4.79 Å². The number of aryl methyl sites for hydroxylation is 1. The summed E-state index contributed by atoms with van der Waals surface area (Å²) in [4.78, 5) is 16.2. The van der Waals surface area contributed by atoms with Crippen LogP contribution in [0.25, 0.3) is 5.69 Å². The van der Waals surface area contributed by atoms with Crippen LogP contribution in [0.2, 0.25) is 0 Å². The summed E-state index contributed by atoms with van der Waals surface area (Å²) in [6.07, 6.45) is 5.26. The minimum Gasteiger partial charge on any atom is -0.507 e. The van der Waals surface area contributed by atoms with Crippen molar-refractivity contribution < 1.29 is 9.90 Å². The zero-order valence-corrected chi connectivity index (χ0v) is 12.0. The number of phenols is 1. The maximum atomic E-state index is 12.2. The zero-order valence-electron chi connectivity index (χ0n) is 12.0. The Hall–Kier alpha value is -3.08. The van der Waals surface area contributed by atoms with E-state index in [2.05, 4.69) is 10.3 Å². The predicted molar refractivity (Wildman–Crippen MR) is 84.4 cm³/mol. The third-order valence-corrected chi connectivity index (χ3v) is 3.33. The summed E-state index contributed by atoms with van der Waals surface area (Å²) in [5.74, 6) is -0.361. The maximum Gasteiger partial charge on any atom is 0.259 e. The van der Waals surface area contributed by atoms with Crippen molar-refractivity contribution in [3.8, 4) is 11.4 Å². The molecule has 2 aromatic carbocycles. The highest BCUT2D eigenvalue weighted by atomic mass is 16.3. The van der Waals surface area contributed by atoms with Gasteiger partial charge in [0.15, 0.2) is 0 Å². The quantitative estimate of drug-likeness (QED) is 0.779. The van der Waals surface area contributed by atoms with Crippen LogP contribution < -0.4 is 5.32 Å². The van der Waals surface area contributed by atoms with Gasteiger partial charge in [0.1, 0.15) is 5.75 Å². The molecule has 1 heterocycles. The average molecular weight is 293 g/mol. The number of anilines is 1. The number of hydrogen-bond acceptors (Lipinski definition) is 3. The fourth-order valence-corrected chi connectivity index (χ4v) is 2.16. The molecule has 0 aliphatic carbocycles. The van der Waals surface area contributed by atoms with Gasteiger partial charge in [0.25, 0.3) is 5.91 Å². The third-order valence-electron chi connectivity index (χ3n) is 3.33. The zero-order chi connectivity index (χ0) is 15.5. The fraction of sp³-hybridized carbons (Fsp3) is 0.0588. The molecule has 110 valence electrons. The smallest absolute Gasteiger partial charge is 0.259 e. The second-order valence-corrected chi connectivity index (χ2v) is 4.99. The summed E-state index contributed by atoms with van der Waals surface area (Å²) in [5.41, 5.74) is 2.77. The molecule has 5 heteroatoms. The van der Waals surface area contributed by atoms with Gasteiger partial charge in [-0.15, -0.1) is 0 Å². The van der Waals surface area contributed by atoms with E-state index in [1.807, 2.05) is 29.8 Å². The number of hydrogen-bond donors (Lipinski definition) is 2. The van der Waals surface area contributed by atoms with Crippen LogP contribution >= 0.6 is 0 Å². The van der Waals surface area contributed by atoms with Crippen LogP contribution in [0.15, 0.2) is 61.2 Å². The molecule has 3 rings (SSSR count). The lowest BCUT2D eigenvalue weighted by atomic mass is 10.1. The van der Waals surface area contributed by atoms with Crippen LogP contribution in [-0.4, -0.2) is 20.6 Å². The Bertz CT molecular complexity index is 793. The summed E-state index contributed by atoms with van der Waals surface area (Å²) >= 11 is 0. The van der Waals surface area contributed by atoms with Gasteiger partial charge in [0.05, 0.1) is 11.9 Å². The lowest BCUT2D eigenvalue weighted by Gasteiger charge is -2.08. The lowest BCUT2D eigenvalue weighted by molar-refractivity contribution is 0.102. The number of aromatic nitrogens is 2. The second kappa shape index (κ2) is 5.73. The summed E-state index contributed by atoms with van der Waals surface area (Å²) < 4.78 is 1.87. The molecule has 0 bridgehead atoms. The molecular formula is C17H15N3O2. The topological polar surface area (TPSA) is 67.2 Å². The van der Waals surface area contributed by atoms with E-state index in [0.29, 0.717) is 5.69 Å². The van der Waals surface area contributed by atoms with Gasteiger partial charge < -0.3 is 15.0 Å². The Morgan fingerprint density at radius 3 is 2.59 bits per heavy atom. The van der Waals surface area contributed by atoms with Crippen LogP contribution in [0, 0.1) is 6.92 Å². The average Bonchev–Trinajstić information content (AvgIpc) is 3.02. The highest BCUT2D eigenvalue weighted by molar-refractivity contribution is 6.06. The predicted octanol–water partition coefficient (Wildman–Crippen LogP) is 3.14. The molecule has 0 aliphatic rings. The van der Waals surface area contributed by atoms with Crippen molar-refractivity contribution in [1.82, 2.24) is 9.55 Å². The lowest BCUT2D eigenvalue weighted by Crippen LogP contribution is -2.12. The van der Waals surface area contributed by atoms with E-state index in [9.17, 15) is 9.90 Å². The monoisotopic (exact) mass is 293 g/mol. The molecule has 0 aliphatic heterocycles. The fourth-order valence-electron chi connectivity index (χ4n) is 2.16. The third kappa shape index (κ3) is 2.83. The van der Waals surface area contributed by atoms with Gasteiger partial charge in [-0.2, -0.15) is 0 Å². The first-order valence-corrected chi connectivity index (χ1v) is 6.83. The molecule has 0 spiro atoms. The summed E-state index contributed by atoms with van der Waals surface area (Å²) in [7, 11) is 0. The number of nitrogens with zero attached hydrogens (tertiary/aromatic N) is 2. The van der Waals surface area contributed by atoms with Crippen molar-refractivity contribution in [2.45, 2.75) is 6.92 Å². The summed E-state index contributed by atoms with van der Waals surface area (Å²) in [6.45, 7) is 1.86. The van der Waals surface area contributed by atoms with Crippen LogP contribution in [0.5, 0.6) is 5.75 Å². The second-order valence-electron chi connectivity index (χ2n) is 4.99. The van der Waals surface area contributed by atoms with E-state index in [0.717, 1.165) is 11.3 Å². The number of carbonyl (C=O) groups is 1. The van der Waals surface area contributed by atoms with Crippen molar-refractivity contribution in [1.29, 1.82) is 0 Å². The normalized spacial score (nSPS) is 10.4. The van der Waals surface area contributed by atoms with Gasteiger partial charge in [0.2, 0.25) is 0 Å². The highest BCUT2D eigenvalue weighted by Crippen LogP contribution is 2.20. The molecule has 2 N–H and O–H groups in total. The molecule has 1 aromatic heterocycles. The first-order chi connectivity index (χ1) is 10.6. The van der Waals surface area contributed by atoms with Crippen molar-refractivity contribution >= 4 is 11.6 Å². The van der Waals surface area contributed by atoms with E-state index < -0.39 is 0 Å². The standard InChI is InChI=1S/C17H15N3O2/c1-12-2-7-15(16(21)10-12)17(22)19-13-3-5-14(6-4-13)20-9-8-18-11-20/h2-11,21H,1H3,(H,19,22). The summed E-state index contributed by atoms with van der Waals surface area (Å²) in [5, 5.41) is 12.6. The molecule has 22 heavy (non-hydrogen) atoms. The van der Waals surface area contributed by atoms with Crippen LogP contribution in [-0.2, 0) is 0 Å². The summed E-state index contributed by atoms with van der Waals surface area (Å²) in [6, 6.07) is 12.3. The number of phenolic OH excluding ortho intramolecular Hbond substituents is 1.